The maximum Gasteiger partial charge on any atom is 0.325 e. The number of sulfonamides is 1. The van der Waals surface area contributed by atoms with Crippen LogP contribution >= 0.6 is 0 Å². The SMILES string of the molecule is COC(=O)[C@H](CNC(=O)C[C@H]1C[C@@H](c2ccc(C(=N)N)cc2)N(Cc2ccccc2)O1)NS(=O)(=O)c1cccc(C)c1. The predicted molar refractivity (Wildman–Crippen MR) is 157 cm³/mol. The van der Waals surface area contributed by atoms with Crippen LogP contribution in [-0.2, 0) is 35.7 Å². The number of carbonyl (C=O) groups is 2. The number of rotatable bonds is 12. The third-order valence-corrected chi connectivity index (χ3v) is 8.37. The zero-order chi connectivity index (χ0) is 30.3. The van der Waals surface area contributed by atoms with Crippen LogP contribution in [0.5, 0.6) is 0 Å². The number of hydrogen-bond donors (Lipinski definition) is 4. The molecule has 5 N–H and O–H groups in total. The Hall–Kier alpha value is -4.10. The van der Waals surface area contributed by atoms with Crippen LogP contribution in [0.2, 0.25) is 0 Å². The lowest BCUT2D eigenvalue weighted by atomic mass is 9.98. The van der Waals surface area contributed by atoms with Gasteiger partial charge in [-0.25, -0.2) is 8.42 Å². The van der Waals surface area contributed by atoms with Gasteiger partial charge in [-0.2, -0.15) is 9.79 Å². The molecule has 1 saturated heterocycles. The highest BCUT2D eigenvalue weighted by atomic mass is 32.2. The van der Waals surface area contributed by atoms with Gasteiger partial charge in [-0.05, 0) is 42.2 Å². The smallest absolute Gasteiger partial charge is 0.325 e. The number of amidine groups is 1. The Bertz CT molecular complexity index is 1510. The molecule has 0 aliphatic carbocycles. The quantitative estimate of drug-likeness (QED) is 0.141. The molecule has 1 aliphatic rings. The first-order chi connectivity index (χ1) is 20.1. The molecule has 1 heterocycles. The van der Waals surface area contributed by atoms with Gasteiger partial charge in [0.1, 0.15) is 11.9 Å². The van der Waals surface area contributed by atoms with Gasteiger partial charge in [-0.3, -0.25) is 19.8 Å². The van der Waals surface area contributed by atoms with Crippen LogP contribution in [-0.4, -0.2) is 57.0 Å². The van der Waals surface area contributed by atoms with Gasteiger partial charge in [0.15, 0.2) is 0 Å². The summed E-state index contributed by atoms with van der Waals surface area (Å²) in [6, 6.07) is 21.9. The molecule has 1 amide bonds. The molecule has 11 nitrogen and oxygen atoms in total. The number of esters is 1. The Morgan fingerprint density at radius 1 is 1.10 bits per heavy atom. The molecular weight excluding hydrogens is 558 g/mol. The molecule has 222 valence electrons. The van der Waals surface area contributed by atoms with E-state index in [9.17, 15) is 18.0 Å². The van der Waals surface area contributed by atoms with E-state index in [2.05, 4.69) is 10.0 Å². The molecule has 1 fully saturated rings. The number of amides is 1. The third kappa shape index (κ3) is 8.01. The van der Waals surface area contributed by atoms with Crippen LogP contribution in [0.1, 0.15) is 41.1 Å². The first-order valence-corrected chi connectivity index (χ1v) is 14.9. The lowest BCUT2D eigenvalue weighted by Gasteiger charge is -2.23. The van der Waals surface area contributed by atoms with Crippen molar-refractivity contribution >= 4 is 27.7 Å². The van der Waals surface area contributed by atoms with E-state index < -0.39 is 34.0 Å². The minimum absolute atomic E-state index is 0.00275. The van der Waals surface area contributed by atoms with Crippen molar-refractivity contribution in [2.45, 2.75) is 49.4 Å². The second-order valence-corrected chi connectivity index (χ2v) is 11.8. The number of ether oxygens (including phenoxy) is 1. The lowest BCUT2D eigenvalue weighted by molar-refractivity contribution is -0.174. The molecule has 4 rings (SSSR count). The highest BCUT2D eigenvalue weighted by Gasteiger charge is 2.36. The Balaban J connectivity index is 1.42. The van der Waals surface area contributed by atoms with Crippen molar-refractivity contribution in [1.82, 2.24) is 15.1 Å². The van der Waals surface area contributed by atoms with E-state index in [1.807, 2.05) is 47.5 Å². The summed E-state index contributed by atoms with van der Waals surface area (Å²) in [6.45, 7) is 1.95. The summed E-state index contributed by atoms with van der Waals surface area (Å²) < 4.78 is 32.9. The molecule has 3 atom stereocenters. The van der Waals surface area contributed by atoms with Crippen molar-refractivity contribution in [1.29, 1.82) is 5.41 Å². The molecule has 0 unspecified atom stereocenters. The number of nitrogens with two attached hydrogens (primary N) is 1. The monoisotopic (exact) mass is 593 g/mol. The van der Waals surface area contributed by atoms with E-state index in [4.69, 9.17) is 20.7 Å². The van der Waals surface area contributed by atoms with Crippen molar-refractivity contribution in [2.75, 3.05) is 13.7 Å². The number of nitrogens with zero attached hydrogens (tertiary/aromatic N) is 1. The van der Waals surface area contributed by atoms with E-state index in [1.54, 1.807) is 31.2 Å². The number of benzene rings is 3. The van der Waals surface area contributed by atoms with Crippen molar-refractivity contribution < 1.29 is 27.6 Å². The van der Waals surface area contributed by atoms with Crippen LogP contribution in [0.15, 0.2) is 83.8 Å². The Morgan fingerprint density at radius 2 is 1.81 bits per heavy atom. The minimum Gasteiger partial charge on any atom is -0.468 e. The summed E-state index contributed by atoms with van der Waals surface area (Å²) in [6.07, 6.45) is 0.0399. The van der Waals surface area contributed by atoms with Gasteiger partial charge in [0.05, 0.1) is 30.6 Å². The average Bonchev–Trinajstić information content (AvgIpc) is 3.36. The Kier molecular flexibility index (Phi) is 10.1. The van der Waals surface area contributed by atoms with Gasteiger partial charge in [0.2, 0.25) is 15.9 Å². The molecule has 0 bridgehead atoms. The number of methoxy groups -OCH3 is 1. The van der Waals surface area contributed by atoms with Gasteiger partial charge in [0, 0.05) is 18.7 Å². The molecule has 3 aromatic carbocycles. The third-order valence-electron chi connectivity index (χ3n) is 6.91. The van der Waals surface area contributed by atoms with Gasteiger partial charge < -0.3 is 15.8 Å². The van der Waals surface area contributed by atoms with Crippen LogP contribution in [0, 0.1) is 12.3 Å². The molecule has 0 spiro atoms. The fraction of sp³-hybridized carbons (Fsp3) is 0.300. The topological polar surface area (TPSA) is 164 Å². The second-order valence-electron chi connectivity index (χ2n) is 10.1. The Morgan fingerprint density at radius 3 is 2.45 bits per heavy atom. The molecule has 1 aliphatic heterocycles. The summed E-state index contributed by atoms with van der Waals surface area (Å²) >= 11 is 0. The number of nitrogens with one attached hydrogen (secondary N) is 3. The average molecular weight is 594 g/mol. The zero-order valence-electron chi connectivity index (χ0n) is 23.4. The highest BCUT2D eigenvalue weighted by Crippen LogP contribution is 2.36. The number of hydroxylamine groups is 2. The van der Waals surface area contributed by atoms with Gasteiger partial charge in [-0.1, -0.05) is 66.7 Å². The number of nitrogen functional groups attached to an aromatic ring is 1. The fourth-order valence-electron chi connectivity index (χ4n) is 4.74. The molecule has 42 heavy (non-hydrogen) atoms. The number of aryl methyl sites for hydroxylation is 1. The standard InChI is InChI=1S/C30H35N5O6S/c1-20-7-6-10-25(15-20)42(38,39)34-26(30(37)40-2)18-33-28(36)17-24-16-27(22-11-13-23(14-12-22)29(31)32)35(41-24)19-21-8-4-3-5-9-21/h3-15,24,26-27,34H,16-19H2,1-2H3,(H3,31,32)(H,33,36)/t24-,26+,27+/m1/s1. The van der Waals surface area contributed by atoms with Crippen LogP contribution < -0.4 is 15.8 Å². The minimum atomic E-state index is -4.05. The molecule has 0 radical (unpaired) electrons. The number of hydrogen-bond acceptors (Lipinski definition) is 8. The van der Waals surface area contributed by atoms with Crippen LogP contribution in [0.3, 0.4) is 0 Å². The van der Waals surface area contributed by atoms with E-state index in [1.165, 1.54) is 12.1 Å². The van der Waals surface area contributed by atoms with E-state index >= 15 is 0 Å². The first-order valence-electron chi connectivity index (χ1n) is 13.4. The van der Waals surface area contributed by atoms with Gasteiger partial charge >= 0.3 is 5.97 Å². The fourth-order valence-corrected chi connectivity index (χ4v) is 6.03. The molecular formula is C30H35N5O6S. The summed E-state index contributed by atoms with van der Waals surface area (Å²) in [5.74, 6) is -1.26. The summed E-state index contributed by atoms with van der Waals surface area (Å²) in [5, 5.41) is 12.1. The molecule has 3 aromatic rings. The van der Waals surface area contributed by atoms with Crippen molar-refractivity contribution in [3.63, 3.8) is 0 Å². The van der Waals surface area contributed by atoms with Gasteiger partial charge in [0.25, 0.3) is 0 Å². The maximum atomic E-state index is 12.9. The normalized spacial score (nSPS) is 17.9. The highest BCUT2D eigenvalue weighted by molar-refractivity contribution is 7.89. The summed E-state index contributed by atoms with van der Waals surface area (Å²) in [7, 11) is -2.90. The van der Waals surface area contributed by atoms with Gasteiger partial charge in [-0.15, -0.1) is 0 Å². The van der Waals surface area contributed by atoms with Crippen LogP contribution in [0.4, 0.5) is 0 Å². The molecule has 0 saturated carbocycles. The summed E-state index contributed by atoms with van der Waals surface area (Å²) in [5.41, 5.74) is 8.95. The van der Waals surface area contributed by atoms with Crippen molar-refractivity contribution in [2.24, 2.45) is 5.73 Å². The van der Waals surface area contributed by atoms with E-state index in [0.29, 0.717) is 18.5 Å². The first kappa shape index (κ1) is 30.8. The van der Waals surface area contributed by atoms with E-state index in [0.717, 1.165) is 23.8 Å². The van der Waals surface area contributed by atoms with Crippen molar-refractivity contribution in [3.8, 4) is 0 Å². The molecule has 0 aromatic heterocycles. The lowest BCUT2D eigenvalue weighted by Crippen LogP contribution is -2.49. The van der Waals surface area contributed by atoms with Crippen LogP contribution in [0.25, 0.3) is 0 Å². The van der Waals surface area contributed by atoms with E-state index in [-0.39, 0.29) is 29.7 Å². The number of carbonyl (C=O) groups excluding carboxylic acids is 2. The zero-order valence-corrected chi connectivity index (χ0v) is 24.3. The molecule has 12 heteroatoms. The summed E-state index contributed by atoms with van der Waals surface area (Å²) in [4.78, 5) is 31.5. The second kappa shape index (κ2) is 13.7. The predicted octanol–water partition coefficient (Wildman–Crippen LogP) is 2.55. The largest absolute Gasteiger partial charge is 0.468 e. The Labute approximate surface area is 245 Å². The maximum absolute atomic E-state index is 12.9. The van der Waals surface area contributed by atoms with Crippen molar-refractivity contribution in [3.05, 3.63) is 101 Å².